The van der Waals surface area contributed by atoms with Crippen LogP contribution in [0.5, 0.6) is 0 Å². The molecule has 0 aromatic heterocycles. The van der Waals surface area contributed by atoms with Gasteiger partial charge in [0, 0.05) is 11.4 Å². The zero-order chi connectivity index (χ0) is 8.97. The second-order valence-electron chi connectivity index (χ2n) is 3.85. The summed E-state index contributed by atoms with van der Waals surface area (Å²) in [4.78, 5) is 2.57. The van der Waals surface area contributed by atoms with Gasteiger partial charge in [-0.2, -0.15) is 0 Å². The number of likely N-dealkylation sites (tertiary alicyclic amines) is 1. The number of hydrogen-bond acceptors (Lipinski definition) is 1. The Kier molecular flexibility index (Phi) is 4.38. The van der Waals surface area contributed by atoms with Crippen molar-refractivity contribution in [2.24, 2.45) is 0 Å². The summed E-state index contributed by atoms with van der Waals surface area (Å²) in [5.74, 6) is 0. The van der Waals surface area contributed by atoms with Crippen molar-refractivity contribution in [3.05, 3.63) is 0 Å². The predicted molar refractivity (Wildman–Crippen MR) is 54.8 cm³/mol. The van der Waals surface area contributed by atoms with Crippen molar-refractivity contribution in [1.82, 2.24) is 4.90 Å². The number of halogens is 1. The first kappa shape index (κ1) is 10.3. The second-order valence-corrected chi connectivity index (χ2v) is 4.47. The van der Waals surface area contributed by atoms with Crippen LogP contribution in [-0.2, 0) is 0 Å². The minimum absolute atomic E-state index is 0.440. The van der Waals surface area contributed by atoms with E-state index in [-0.39, 0.29) is 0 Å². The van der Waals surface area contributed by atoms with Gasteiger partial charge in [0.2, 0.25) is 0 Å². The van der Waals surface area contributed by atoms with Crippen LogP contribution in [0.15, 0.2) is 0 Å². The van der Waals surface area contributed by atoms with Gasteiger partial charge in [-0.05, 0) is 39.3 Å². The maximum atomic E-state index is 6.04. The van der Waals surface area contributed by atoms with Crippen LogP contribution in [0.1, 0.15) is 39.5 Å². The molecule has 0 aromatic rings. The summed E-state index contributed by atoms with van der Waals surface area (Å²) in [7, 11) is 0. The highest BCUT2D eigenvalue weighted by atomic mass is 35.5. The molecule has 0 bridgehead atoms. The molecule has 1 saturated heterocycles. The van der Waals surface area contributed by atoms with Gasteiger partial charge < -0.3 is 4.90 Å². The topological polar surface area (TPSA) is 3.24 Å². The van der Waals surface area contributed by atoms with E-state index in [0.29, 0.717) is 5.38 Å². The lowest BCUT2D eigenvalue weighted by Gasteiger charge is -2.34. The van der Waals surface area contributed by atoms with Crippen molar-refractivity contribution in [2.75, 3.05) is 13.1 Å². The van der Waals surface area contributed by atoms with Crippen LogP contribution in [0.4, 0.5) is 0 Å². The van der Waals surface area contributed by atoms with E-state index in [1.165, 1.54) is 38.8 Å². The lowest BCUT2D eigenvalue weighted by molar-refractivity contribution is 0.168. The number of nitrogens with zero attached hydrogens (tertiary/aromatic N) is 1. The fraction of sp³-hybridized carbons (Fsp3) is 1.00. The molecule has 0 aliphatic carbocycles. The van der Waals surface area contributed by atoms with Crippen LogP contribution < -0.4 is 0 Å². The molecule has 0 N–H and O–H groups in total. The SMILES string of the molecule is CCCC(C)N1CCC(Cl)CC1. The van der Waals surface area contributed by atoms with Crippen LogP contribution in [0, 0.1) is 0 Å². The zero-order valence-corrected chi connectivity index (χ0v) is 8.98. The molecule has 1 aliphatic rings. The first-order valence-electron chi connectivity index (χ1n) is 5.12. The standard InChI is InChI=1S/C10H20ClN/c1-3-4-9(2)12-7-5-10(11)6-8-12/h9-10H,3-8H2,1-2H3. The quantitative estimate of drug-likeness (QED) is 0.618. The van der Waals surface area contributed by atoms with E-state index in [1.807, 2.05) is 0 Å². The number of rotatable bonds is 3. The van der Waals surface area contributed by atoms with E-state index < -0.39 is 0 Å². The van der Waals surface area contributed by atoms with Gasteiger partial charge >= 0.3 is 0 Å². The molecule has 2 heteroatoms. The molecule has 1 nitrogen and oxygen atoms in total. The van der Waals surface area contributed by atoms with Crippen LogP contribution in [0.3, 0.4) is 0 Å². The normalized spacial score (nSPS) is 24.2. The first-order chi connectivity index (χ1) is 5.74. The molecule has 0 amide bonds. The largest absolute Gasteiger partial charge is 0.301 e. The van der Waals surface area contributed by atoms with Crippen molar-refractivity contribution in [3.63, 3.8) is 0 Å². The highest BCUT2D eigenvalue weighted by Crippen LogP contribution is 2.18. The van der Waals surface area contributed by atoms with Gasteiger partial charge in [0.25, 0.3) is 0 Å². The second kappa shape index (κ2) is 5.08. The maximum absolute atomic E-state index is 6.04. The van der Waals surface area contributed by atoms with E-state index in [0.717, 1.165) is 6.04 Å². The van der Waals surface area contributed by atoms with E-state index in [2.05, 4.69) is 18.7 Å². The summed E-state index contributed by atoms with van der Waals surface area (Å²) in [6, 6.07) is 0.763. The molecule has 1 unspecified atom stereocenters. The van der Waals surface area contributed by atoms with Gasteiger partial charge in [-0.3, -0.25) is 0 Å². The Balaban J connectivity index is 2.24. The molecule has 12 heavy (non-hydrogen) atoms. The molecule has 1 rings (SSSR count). The van der Waals surface area contributed by atoms with Gasteiger partial charge in [0.1, 0.15) is 0 Å². The smallest absolute Gasteiger partial charge is 0.0360 e. The lowest BCUT2D eigenvalue weighted by atomic mass is 10.1. The highest BCUT2D eigenvalue weighted by Gasteiger charge is 2.20. The summed E-state index contributed by atoms with van der Waals surface area (Å²) in [6.45, 7) is 6.99. The average molecular weight is 190 g/mol. The predicted octanol–water partition coefficient (Wildman–Crippen LogP) is 2.88. The van der Waals surface area contributed by atoms with Crippen LogP contribution in [0.2, 0.25) is 0 Å². The third-order valence-electron chi connectivity index (χ3n) is 2.79. The first-order valence-corrected chi connectivity index (χ1v) is 5.55. The number of piperidine rings is 1. The van der Waals surface area contributed by atoms with Crippen molar-refractivity contribution in [1.29, 1.82) is 0 Å². The van der Waals surface area contributed by atoms with E-state index in [1.54, 1.807) is 0 Å². The summed E-state index contributed by atoms with van der Waals surface area (Å²) in [5, 5.41) is 0.440. The summed E-state index contributed by atoms with van der Waals surface area (Å²) in [6.07, 6.45) is 4.97. The molecular formula is C10H20ClN. The van der Waals surface area contributed by atoms with E-state index in [4.69, 9.17) is 11.6 Å². The Morgan fingerprint density at radius 2 is 2.00 bits per heavy atom. The molecule has 0 spiro atoms. The number of hydrogen-bond donors (Lipinski definition) is 0. The molecule has 0 aromatic carbocycles. The van der Waals surface area contributed by atoms with Gasteiger partial charge in [-0.1, -0.05) is 13.3 Å². The summed E-state index contributed by atoms with van der Waals surface area (Å²) >= 11 is 6.04. The van der Waals surface area contributed by atoms with Crippen LogP contribution in [0.25, 0.3) is 0 Å². The van der Waals surface area contributed by atoms with Gasteiger partial charge in [0.05, 0.1) is 0 Å². The van der Waals surface area contributed by atoms with Gasteiger partial charge in [-0.25, -0.2) is 0 Å². The zero-order valence-electron chi connectivity index (χ0n) is 8.22. The Labute approximate surface area is 81.1 Å². The van der Waals surface area contributed by atoms with Crippen molar-refractivity contribution in [3.8, 4) is 0 Å². The summed E-state index contributed by atoms with van der Waals surface area (Å²) in [5.41, 5.74) is 0. The third-order valence-corrected chi connectivity index (χ3v) is 3.23. The maximum Gasteiger partial charge on any atom is 0.0360 e. The molecule has 72 valence electrons. The monoisotopic (exact) mass is 189 g/mol. The molecule has 0 radical (unpaired) electrons. The molecule has 1 heterocycles. The fourth-order valence-corrected chi connectivity index (χ4v) is 2.10. The lowest BCUT2D eigenvalue weighted by Crippen LogP contribution is -2.40. The Morgan fingerprint density at radius 3 is 2.50 bits per heavy atom. The molecule has 1 fully saturated rings. The fourth-order valence-electron chi connectivity index (χ4n) is 1.91. The minimum atomic E-state index is 0.440. The third kappa shape index (κ3) is 2.95. The van der Waals surface area contributed by atoms with Gasteiger partial charge in [0.15, 0.2) is 0 Å². The Hall–Kier alpha value is 0.250. The molecule has 0 saturated carbocycles. The molecule has 1 atom stereocenters. The average Bonchev–Trinajstić information content (AvgIpc) is 2.06. The van der Waals surface area contributed by atoms with Crippen molar-refractivity contribution in [2.45, 2.75) is 50.9 Å². The minimum Gasteiger partial charge on any atom is -0.301 e. The van der Waals surface area contributed by atoms with Crippen LogP contribution in [-0.4, -0.2) is 29.4 Å². The van der Waals surface area contributed by atoms with Gasteiger partial charge in [-0.15, -0.1) is 11.6 Å². The van der Waals surface area contributed by atoms with Crippen LogP contribution >= 0.6 is 11.6 Å². The van der Waals surface area contributed by atoms with Crippen molar-refractivity contribution < 1.29 is 0 Å². The highest BCUT2D eigenvalue weighted by molar-refractivity contribution is 6.20. The Morgan fingerprint density at radius 1 is 1.42 bits per heavy atom. The molecular weight excluding hydrogens is 170 g/mol. The van der Waals surface area contributed by atoms with Crippen molar-refractivity contribution >= 4 is 11.6 Å². The van der Waals surface area contributed by atoms with E-state index >= 15 is 0 Å². The number of alkyl halides is 1. The van der Waals surface area contributed by atoms with E-state index in [9.17, 15) is 0 Å². The summed E-state index contributed by atoms with van der Waals surface area (Å²) < 4.78 is 0. The Bertz CT molecular complexity index is 119. The molecule has 1 aliphatic heterocycles.